The lowest BCUT2D eigenvalue weighted by Gasteiger charge is -2.03. The van der Waals surface area contributed by atoms with Crippen molar-refractivity contribution in [1.29, 1.82) is 5.26 Å². The lowest BCUT2D eigenvalue weighted by molar-refractivity contribution is 0.630. The van der Waals surface area contributed by atoms with E-state index in [1.165, 1.54) is 0 Å². The molecule has 46 valence electrons. The molecule has 3 heteroatoms. The summed E-state index contributed by atoms with van der Waals surface area (Å²) in [7, 11) is 1.82. The minimum Gasteiger partial charge on any atom is -0.326 e. The summed E-state index contributed by atoms with van der Waals surface area (Å²) in [5, 5.41) is 11.0. The zero-order valence-corrected chi connectivity index (χ0v) is 5.02. The van der Waals surface area contributed by atoms with Crippen LogP contribution < -0.4 is 11.1 Å². The molecule has 1 atom stereocenters. The number of nitrogens with one attached hydrogen (secondary N) is 1. The third-order valence-electron chi connectivity index (χ3n) is 0.820. The molecule has 3 N–H and O–H groups in total. The predicted molar refractivity (Wildman–Crippen MR) is 32.1 cm³/mol. The van der Waals surface area contributed by atoms with Crippen LogP contribution in [-0.2, 0) is 0 Å². The number of nitrogens with zero attached hydrogens (tertiary/aromatic N) is 1. The Morgan fingerprint density at radius 3 is 2.88 bits per heavy atom. The Kier molecular flexibility index (Phi) is 4.23. The largest absolute Gasteiger partial charge is 0.326 e. The van der Waals surface area contributed by atoms with Gasteiger partial charge in [0, 0.05) is 12.6 Å². The van der Waals surface area contributed by atoms with Crippen molar-refractivity contribution < 1.29 is 0 Å². The second-order valence-corrected chi connectivity index (χ2v) is 1.68. The number of hydrogen-bond acceptors (Lipinski definition) is 3. The van der Waals surface area contributed by atoms with Gasteiger partial charge in [-0.1, -0.05) is 0 Å². The Bertz CT molecular complexity index is 84.2. The lowest BCUT2D eigenvalue weighted by atomic mass is 10.2. The zero-order chi connectivity index (χ0) is 6.41. The summed E-state index contributed by atoms with van der Waals surface area (Å²) in [6.45, 7) is 0.716. The standard InChI is InChI=1S/C5H11N3/c1-8-4-5(7)2-3-6/h5,8H,2,4,7H2,1H3. The fraction of sp³-hybridized carbons (Fsp3) is 0.800. The van der Waals surface area contributed by atoms with E-state index in [-0.39, 0.29) is 6.04 Å². The van der Waals surface area contributed by atoms with Gasteiger partial charge in [0.15, 0.2) is 0 Å². The maximum absolute atomic E-state index is 8.11. The second-order valence-electron chi connectivity index (χ2n) is 1.68. The average molecular weight is 113 g/mol. The SMILES string of the molecule is CNCC(N)CC#N. The van der Waals surface area contributed by atoms with Crippen molar-refractivity contribution in [2.45, 2.75) is 12.5 Å². The molecule has 8 heavy (non-hydrogen) atoms. The van der Waals surface area contributed by atoms with E-state index in [1.807, 2.05) is 13.1 Å². The van der Waals surface area contributed by atoms with Gasteiger partial charge in [-0.2, -0.15) is 5.26 Å². The third kappa shape index (κ3) is 3.59. The van der Waals surface area contributed by atoms with Crippen molar-refractivity contribution in [1.82, 2.24) is 5.32 Å². The minimum absolute atomic E-state index is 0.00926. The van der Waals surface area contributed by atoms with E-state index in [9.17, 15) is 0 Å². The van der Waals surface area contributed by atoms with Crippen LogP contribution in [0.3, 0.4) is 0 Å². The van der Waals surface area contributed by atoms with E-state index in [0.717, 1.165) is 0 Å². The topological polar surface area (TPSA) is 61.8 Å². The van der Waals surface area contributed by atoms with Crippen LogP contribution >= 0.6 is 0 Å². The Hall–Kier alpha value is -0.590. The van der Waals surface area contributed by atoms with Crippen LogP contribution in [0.2, 0.25) is 0 Å². The highest BCUT2D eigenvalue weighted by Crippen LogP contribution is 1.80. The van der Waals surface area contributed by atoms with Gasteiger partial charge in [-0.05, 0) is 7.05 Å². The molecule has 0 aromatic heterocycles. The van der Waals surface area contributed by atoms with Gasteiger partial charge < -0.3 is 11.1 Å². The summed E-state index contributed by atoms with van der Waals surface area (Å²) in [5.41, 5.74) is 5.41. The molecular weight excluding hydrogens is 102 g/mol. The smallest absolute Gasteiger partial charge is 0.0638 e. The molecular formula is C5H11N3. The van der Waals surface area contributed by atoms with Crippen molar-refractivity contribution in [3.05, 3.63) is 0 Å². The molecule has 0 aliphatic carbocycles. The van der Waals surface area contributed by atoms with Crippen molar-refractivity contribution in [2.75, 3.05) is 13.6 Å². The first-order valence-corrected chi connectivity index (χ1v) is 2.58. The van der Waals surface area contributed by atoms with Gasteiger partial charge in [-0.25, -0.2) is 0 Å². The molecule has 0 heterocycles. The molecule has 0 aromatic carbocycles. The lowest BCUT2D eigenvalue weighted by Crippen LogP contribution is -2.31. The fourth-order valence-corrected chi connectivity index (χ4v) is 0.452. The van der Waals surface area contributed by atoms with Crippen LogP contribution in [0.1, 0.15) is 6.42 Å². The summed E-state index contributed by atoms with van der Waals surface area (Å²) in [4.78, 5) is 0. The maximum atomic E-state index is 8.11. The van der Waals surface area contributed by atoms with Crippen molar-refractivity contribution in [2.24, 2.45) is 5.73 Å². The van der Waals surface area contributed by atoms with Gasteiger partial charge in [0.2, 0.25) is 0 Å². The zero-order valence-electron chi connectivity index (χ0n) is 5.02. The van der Waals surface area contributed by atoms with Crippen molar-refractivity contribution in [3.8, 4) is 6.07 Å². The van der Waals surface area contributed by atoms with Gasteiger partial charge >= 0.3 is 0 Å². The van der Waals surface area contributed by atoms with E-state index >= 15 is 0 Å². The Morgan fingerprint density at radius 1 is 1.88 bits per heavy atom. The molecule has 0 aliphatic rings. The van der Waals surface area contributed by atoms with E-state index in [2.05, 4.69) is 5.32 Å². The van der Waals surface area contributed by atoms with Gasteiger partial charge in [-0.3, -0.25) is 0 Å². The number of rotatable bonds is 3. The van der Waals surface area contributed by atoms with Gasteiger partial charge in [0.25, 0.3) is 0 Å². The van der Waals surface area contributed by atoms with Gasteiger partial charge in [0.1, 0.15) is 0 Å². The summed E-state index contributed by atoms with van der Waals surface area (Å²) in [6.07, 6.45) is 0.431. The summed E-state index contributed by atoms with van der Waals surface area (Å²) in [5.74, 6) is 0. The van der Waals surface area contributed by atoms with E-state index in [1.54, 1.807) is 0 Å². The average Bonchev–Trinajstić information content (AvgIpc) is 1.68. The number of hydrogen-bond donors (Lipinski definition) is 2. The molecule has 0 aliphatic heterocycles. The van der Waals surface area contributed by atoms with Crippen LogP contribution in [0.4, 0.5) is 0 Å². The quantitative estimate of drug-likeness (QED) is 0.516. The Labute approximate surface area is 49.5 Å². The monoisotopic (exact) mass is 113 g/mol. The molecule has 0 amide bonds. The van der Waals surface area contributed by atoms with Gasteiger partial charge in [-0.15, -0.1) is 0 Å². The molecule has 0 rings (SSSR count). The number of nitriles is 1. The summed E-state index contributed by atoms with van der Waals surface area (Å²) < 4.78 is 0. The molecule has 0 saturated carbocycles. The van der Waals surface area contributed by atoms with Crippen LogP contribution in [0.5, 0.6) is 0 Å². The maximum Gasteiger partial charge on any atom is 0.0638 e. The molecule has 0 spiro atoms. The van der Waals surface area contributed by atoms with Gasteiger partial charge in [0.05, 0.1) is 12.5 Å². The second kappa shape index (κ2) is 4.57. The first-order valence-electron chi connectivity index (χ1n) is 2.58. The number of likely N-dealkylation sites (N-methyl/N-ethyl adjacent to an activating group) is 1. The summed E-state index contributed by atoms with van der Waals surface area (Å²) >= 11 is 0. The van der Waals surface area contributed by atoms with Crippen LogP contribution in [-0.4, -0.2) is 19.6 Å². The van der Waals surface area contributed by atoms with E-state index < -0.39 is 0 Å². The molecule has 1 unspecified atom stereocenters. The van der Waals surface area contributed by atoms with Crippen LogP contribution in [0, 0.1) is 11.3 Å². The van der Waals surface area contributed by atoms with Crippen molar-refractivity contribution in [3.63, 3.8) is 0 Å². The fourth-order valence-electron chi connectivity index (χ4n) is 0.452. The molecule has 0 aromatic rings. The first kappa shape index (κ1) is 7.41. The number of nitrogens with two attached hydrogens (primary N) is 1. The normalized spacial score (nSPS) is 12.6. The highest BCUT2D eigenvalue weighted by atomic mass is 14.9. The predicted octanol–water partition coefficient (Wildman–Crippen LogP) is -0.553. The van der Waals surface area contributed by atoms with Crippen molar-refractivity contribution >= 4 is 0 Å². The first-order chi connectivity index (χ1) is 3.81. The minimum atomic E-state index is -0.00926. The van der Waals surface area contributed by atoms with E-state index in [4.69, 9.17) is 11.0 Å². The molecule has 0 fully saturated rings. The Balaban J connectivity index is 3.08. The molecule has 0 radical (unpaired) electrons. The highest BCUT2D eigenvalue weighted by molar-refractivity contribution is 4.78. The Morgan fingerprint density at radius 2 is 2.50 bits per heavy atom. The summed E-state index contributed by atoms with van der Waals surface area (Å²) in [6, 6.07) is 1.98. The third-order valence-corrected chi connectivity index (χ3v) is 0.820. The molecule has 0 saturated heterocycles. The molecule has 3 nitrogen and oxygen atoms in total. The van der Waals surface area contributed by atoms with Crippen LogP contribution in [0.25, 0.3) is 0 Å². The van der Waals surface area contributed by atoms with E-state index in [0.29, 0.717) is 13.0 Å². The highest BCUT2D eigenvalue weighted by Gasteiger charge is 1.96. The molecule has 0 bridgehead atoms. The van der Waals surface area contributed by atoms with Crippen LogP contribution in [0.15, 0.2) is 0 Å².